The van der Waals surface area contributed by atoms with Crippen molar-refractivity contribution in [2.24, 2.45) is 0 Å². The summed E-state index contributed by atoms with van der Waals surface area (Å²) in [5.74, 6) is 4.14. The first-order valence-corrected chi connectivity index (χ1v) is 8.26. The summed E-state index contributed by atoms with van der Waals surface area (Å²) in [6.45, 7) is 4.07. The van der Waals surface area contributed by atoms with Crippen molar-refractivity contribution in [3.8, 4) is 17.7 Å². The van der Waals surface area contributed by atoms with Gasteiger partial charge < -0.3 is 10.1 Å². The molecule has 0 aliphatic carbocycles. The lowest BCUT2D eigenvalue weighted by molar-refractivity contribution is 0.415. The molecule has 24 heavy (non-hydrogen) atoms. The number of aromatic nitrogens is 1. The van der Waals surface area contributed by atoms with Crippen LogP contribution in [0.25, 0.3) is 10.9 Å². The van der Waals surface area contributed by atoms with Crippen molar-refractivity contribution in [3.05, 3.63) is 64.8 Å². The average molecular weight is 316 g/mol. The molecular formula is C21H20N2O. The fourth-order valence-electron chi connectivity index (χ4n) is 3.33. The van der Waals surface area contributed by atoms with Gasteiger partial charge in [-0.05, 0) is 54.8 Å². The van der Waals surface area contributed by atoms with E-state index in [2.05, 4.69) is 47.0 Å². The van der Waals surface area contributed by atoms with E-state index in [1.54, 1.807) is 7.11 Å². The van der Waals surface area contributed by atoms with Crippen molar-refractivity contribution < 1.29 is 4.74 Å². The van der Waals surface area contributed by atoms with Crippen LogP contribution in [-0.4, -0.2) is 18.2 Å². The number of ether oxygens (including phenoxy) is 1. The third-order valence-corrected chi connectivity index (χ3v) is 4.58. The molecule has 4 rings (SSSR count). The highest BCUT2D eigenvalue weighted by Crippen LogP contribution is 2.28. The number of hydrogen-bond acceptors (Lipinski definition) is 2. The molecule has 1 aromatic heterocycles. The fourth-order valence-corrected chi connectivity index (χ4v) is 3.33. The average Bonchev–Trinajstić information content (AvgIpc) is 2.93. The van der Waals surface area contributed by atoms with Crippen LogP contribution >= 0.6 is 0 Å². The zero-order chi connectivity index (χ0) is 16.5. The molecular weight excluding hydrogens is 296 g/mol. The number of hydrogen-bond donors (Lipinski definition) is 1. The largest absolute Gasteiger partial charge is 0.497 e. The van der Waals surface area contributed by atoms with Crippen LogP contribution < -0.4 is 10.1 Å². The highest BCUT2D eigenvalue weighted by atomic mass is 16.5. The van der Waals surface area contributed by atoms with Gasteiger partial charge in [-0.3, -0.25) is 4.57 Å². The minimum Gasteiger partial charge on any atom is -0.497 e. The van der Waals surface area contributed by atoms with Gasteiger partial charge in [0.25, 0.3) is 0 Å². The van der Waals surface area contributed by atoms with Crippen LogP contribution in [0.3, 0.4) is 0 Å². The molecule has 2 heterocycles. The lowest BCUT2D eigenvalue weighted by Gasteiger charge is -2.14. The molecule has 1 N–H and O–H groups in total. The Hall–Kier alpha value is -2.70. The molecule has 1 aliphatic heterocycles. The quantitative estimate of drug-likeness (QED) is 0.696. The number of nitrogens with zero attached hydrogens (tertiary/aromatic N) is 1. The molecule has 0 atom stereocenters. The lowest BCUT2D eigenvalue weighted by Crippen LogP contribution is -2.24. The Bertz CT molecular complexity index is 955. The summed E-state index contributed by atoms with van der Waals surface area (Å²) in [6.07, 6.45) is 1.01. The number of rotatable bonds is 1. The zero-order valence-electron chi connectivity index (χ0n) is 14.0. The van der Waals surface area contributed by atoms with Crippen LogP contribution in [0.2, 0.25) is 0 Å². The summed E-state index contributed by atoms with van der Waals surface area (Å²) >= 11 is 0. The van der Waals surface area contributed by atoms with Crippen molar-refractivity contribution in [2.45, 2.75) is 19.9 Å². The van der Waals surface area contributed by atoms with E-state index in [-0.39, 0.29) is 0 Å². The van der Waals surface area contributed by atoms with Crippen molar-refractivity contribution in [3.63, 3.8) is 0 Å². The van der Waals surface area contributed by atoms with Gasteiger partial charge in [0, 0.05) is 42.2 Å². The number of aryl methyl sites for hydroxylation is 1. The Morgan fingerprint density at radius 3 is 2.75 bits per heavy atom. The van der Waals surface area contributed by atoms with E-state index < -0.39 is 0 Å². The van der Waals surface area contributed by atoms with E-state index in [1.165, 1.54) is 27.7 Å². The van der Waals surface area contributed by atoms with E-state index in [0.717, 1.165) is 30.8 Å². The van der Waals surface area contributed by atoms with Gasteiger partial charge in [0.2, 0.25) is 0 Å². The molecule has 1 aliphatic rings. The van der Waals surface area contributed by atoms with E-state index in [4.69, 9.17) is 4.74 Å². The molecule has 0 saturated carbocycles. The van der Waals surface area contributed by atoms with Crippen LogP contribution in [0.15, 0.2) is 42.5 Å². The standard InChI is InChI=1S/C21H20N2O/c1-15-3-8-20-18(13-15)19-14-22-11-9-21(19)23(20)12-10-16-4-6-17(24-2)7-5-16/h3-8,13,22H,9,11,14H2,1-2H3. The zero-order valence-corrected chi connectivity index (χ0v) is 14.0. The maximum absolute atomic E-state index is 5.20. The first-order valence-electron chi connectivity index (χ1n) is 8.26. The Morgan fingerprint density at radius 2 is 1.96 bits per heavy atom. The highest BCUT2D eigenvalue weighted by molar-refractivity contribution is 5.87. The Morgan fingerprint density at radius 1 is 1.12 bits per heavy atom. The summed E-state index contributed by atoms with van der Waals surface area (Å²) < 4.78 is 7.38. The second-order valence-corrected chi connectivity index (χ2v) is 6.17. The summed E-state index contributed by atoms with van der Waals surface area (Å²) in [5.41, 5.74) is 6.22. The first-order chi connectivity index (χ1) is 11.8. The third kappa shape index (κ3) is 2.55. The van der Waals surface area contributed by atoms with E-state index in [1.807, 2.05) is 24.3 Å². The minimum atomic E-state index is 0.853. The Kier molecular flexibility index (Phi) is 3.76. The normalized spacial score (nSPS) is 13.2. The van der Waals surface area contributed by atoms with Crippen LogP contribution in [-0.2, 0) is 13.0 Å². The van der Waals surface area contributed by atoms with Crippen LogP contribution in [0.5, 0.6) is 5.75 Å². The number of benzene rings is 2. The Balaban J connectivity index is 1.83. The molecule has 2 aromatic carbocycles. The molecule has 0 radical (unpaired) electrons. The molecule has 0 amide bonds. The van der Waals surface area contributed by atoms with Crippen molar-refractivity contribution in [1.29, 1.82) is 0 Å². The third-order valence-electron chi connectivity index (χ3n) is 4.58. The van der Waals surface area contributed by atoms with Gasteiger partial charge in [-0.1, -0.05) is 11.6 Å². The molecule has 3 heteroatoms. The van der Waals surface area contributed by atoms with E-state index in [0.29, 0.717) is 0 Å². The molecule has 3 aromatic rings. The van der Waals surface area contributed by atoms with Gasteiger partial charge in [0.05, 0.1) is 12.6 Å². The van der Waals surface area contributed by atoms with Gasteiger partial charge in [0.15, 0.2) is 0 Å². The van der Waals surface area contributed by atoms with Crippen molar-refractivity contribution in [2.75, 3.05) is 13.7 Å². The number of fused-ring (bicyclic) bond motifs is 3. The van der Waals surface area contributed by atoms with E-state index >= 15 is 0 Å². The van der Waals surface area contributed by atoms with E-state index in [9.17, 15) is 0 Å². The Labute approximate surface area is 142 Å². The minimum absolute atomic E-state index is 0.853. The predicted molar refractivity (Wildman–Crippen MR) is 97.4 cm³/mol. The van der Waals surface area contributed by atoms with Gasteiger partial charge in [-0.15, -0.1) is 0 Å². The van der Waals surface area contributed by atoms with Gasteiger partial charge in [-0.2, -0.15) is 0 Å². The van der Waals surface area contributed by atoms with Crippen LogP contribution in [0.1, 0.15) is 22.4 Å². The van der Waals surface area contributed by atoms with Crippen molar-refractivity contribution >= 4 is 10.9 Å². The maximum atomic E-state index is 5.20. The van der Waals surface area contributed by atoms with Gasteiger partial charge >= 0.3 is 0 Å². The van der Waals surface area contributed by atoms with Crippen molar-refractivity contribution in [1.82, 2.24) is 9.88 Å². The molecule has 0 bridgehead atoms. The topological polar surface area (TPSA) is 26.2 Å². The molecule has 0 fully saturated rings. The maximum Gasteiger partial charge on any atom is 0.118 e. The number of nitrogens with one attached hydrogen (secondary N) is 1. The predicted octanol–water partition coefficient (Wildman–Crippen LogP) is 3.46. The summed E-state index contributed by atoms with van der Waals surface area (Å²) in [6, 6.07) is 17.9. The molecule has 0 saturated heterocycles. The molecule has 3 nitrogen and oxygen atoms in total. The van der Waals surface area contributed by atoms with Gasteiger partial charge in [-0.25, -0.2) is 0 Å². The number of methoxy groups -OCH3 is 1. The molecule has 0 spiro atoms. The second kappa shape index (κ2) is 6.07. The van der Waals surface area contributed by atoms with Crippen LogP contribution in [0, 0.1) is 18.9 Å². The van der Waals surface area contributed by atoms with Crippen LogP contribution in [0.4, 0.5) is 0 Å². The first kappa shape index (κ1) is 14.9. The molecule has 120 valence electrons. The highest BCUT2D eigenvalue weighted by Gasteiger charge is 2.18. The fraction of sp³-hybridized carbons (Fsp3) is 0.238. The molecule has 0 unspecified atom stereocenters. The van der Waals surface area contributed by atoms with Gasteiger partial charge in [0.1, 0.15) is 5.75 Å². The monoisotopic (exact) mass is 316 g/mol. The lowest BCUT2D eigenvalue weighted by atomic mass is 10.0. The summed E-state index contributed by atoms with van der Waals surface area (Å²) in [5, 5.41) is 4.80. The second-order valence-electron chi connectivity index (χ2n) is 6.17. The smallest absolute Gasteiger partial charge is 0.118 e. The SMILES string of the molecule is COc1ccc(C#Cn2c3c(c4cc(C)ccc42)CNCC3)cc1. The summed E-state index contributed by atoms with van der Waals surface area (Å²) in [7, 11) is 1.68. The summed E-state index contributed by atoms with van der Waals surface area (Å²) in [4.78, 5) is 0.